The highest BCUT2D eigenvalue weighted by Crippen LogP contribution is 2.38. The number of hydrogen-bond acceptors (Lipinski definition) is 2. The lowest BCUT2D eigenvalue weighted by Crippen LogP contribution is -2.12. The Morgan fingerprint density at radius 2 is 2.11 bits per heavy atom. The van der Waals surface area contributed by atoms with Gasteiger partial charge in [0.1, 0.15) is 5.75 Å². The maximum atomic E-state index is 6.30. The van der Waals surface area contributed by atoms with Crippen molar-refractivity contribution in [2.24, 2.45) is 5.92 Å². The molecule has 1 aromatic rings. The summed E-state index contributed by atoms with van der Waals surface area (Å²) in [6.45, 7) is 8.53. The minimum absolute atomic E-state index is 0.397. The number of rotatable bonds is 5. The first-order valence-electron chi connectivity index (χ1n) is 6.97. The van der Waals surface area contributed by atoms with Gasteiger partial charge in [0.25, 0.3) is 0 Å². The maximum absolute atomic E-state index is 6.30. The molecule has 0 saturated carbocycles. The van der Waals surface area contributed by atoms with Gasteiger partial charge < -0.3 is 9.47 Å². The van der Waals surface area contributed by atoms with Gasteiger partial charge in [-0.1, -0.05) is 25.4 Å². The van der Waals surface area contributed by atoms with E-state index < -0.39 is 0 Å². The topological polar surface area (TPSA) is 21.8 Å². The molecule has 0 spiro atoms. The molecule has 0 radical (unpaired) electrons. The maximum Gasteiger partial charge on any atom is 0.125 e. The molecule has 19 heavy (non-hydrogen) atoms. The molecular formula is C16H23ClO2. The predicted octanol–water partition coefficient (Wildman–Crippen LogP) is 4.32. The minimum Gasteiger partial charge on any atom is -0.496 e. The molecule has 1 aliphatic heterocycles. The third kappa shape index (κ3) is 2.90. The second-order valence-corrected chi connectivity index (χ2v) is 5.95. The Kier molecular flexibility index (Phi) is 4.42. The second kappa shape index (κ2) is 5.72. The molecule has 2 rings (SSSR count). The van der Waals surface area contributed by atoms with Crippen LogP contribution in [-0.2, 0) is 11.2 Å². The van der Waals surface area contributed by atoms with Gasteiger partial charge in [-0.15, -0.1) is 0 Å². The molecule has 1 heterocycles. The molecule has 1 aromatic carbocycles. The summed E-state index contributed by atoms with van der Waals surface area (Å²) in [5.41, 5.74) is 3.46. The first-order valence-corrected chi connectivity index (χ1v) is 7.35. The predicted molar refractivity (Wildman–Crippen MR) is 79.3 cm³/mol. The highest BCUT2D eigenvalue weighted by Gasteiger charge is 2.41. The van der Waals surface area contributed by atoms with Crippen LogP contribution in [0.3, 0.4) is 0 Å². The molecule has 0 aromatic heterocycles. The monoisotopic (exact) mass is 282 g/mol. The number of hydrogen-bond donors (Lipinski definition) is 0. The Bertz CT molecular complexity index is 470. The van der Waals surface area contributed by atoms with Crippen molar-refractivity contribution < 1.29 is 9.47 Å². The number of aryl methyl sites for hydroxylation is 1. The van der Waals surface area contributed by atoms with E-state index in [1.807, 2.05) is 13.0 Å². The van der Waals surface area contributed by atoms with E-state index >= 15 is 0 Å². The molecule has 0 amide bonds. The van der Waals surface area contributed by atoms with Crippen molar-refractivity contribution in [1.82, 2.24) is 0 Å². The Morgan fingerprint density at radius 3 is 2.63 bits per heavy atom. The normalized spacial score (nSPS) is 23.3. The molecule has 1 fully saturated rings. The summed E-state index contributed by atoms with van der Waals surface area (Å²) in [7, 11) is 1.73. The second-order valence-electron chi connectivity index (χ2n) is 5.54. The van der Waals surface area contributed by atoms with E-state index in [2.05, 4.69) is 20.8 Å². The van der Waals surface area contributed by atoms with Crippen LogP contribution in [-0.4, -0.2) is 19.3 Å². The summed E-state index contributed by atoms with van der Waals surface area (Å²) < 4.78 is 11.3. The van der Waals surface area contributed by atoms with Crippen molar-refractivity contribution in [3.05, 3.63) is 27.8 Å². The summed E-state index contributed by atoms with van der Waals surface area (Å²) in [5, 5.41) is 0.823. The SMILES string of the molecule is CCC1OC1C(C)Cc1c(C)c(Cl)cc(C)c1OC. The molecule has 1 saturated heterocycles. The van der Waals surface area contributed by atoms with Crippen LogP contribution >= 0.6 is 11.6 Å². The fraction of sp³-hybridized carbons (Fsp3) is 0.625. The number of benzene rings is 1. The van der Waals surface area contributed by atoms with E-state index in [9.17, 15) is 0 Å². The van der Waals surface area contributed by atoms with Gasteiger partial charge in [-0.25, -0.2) is 0 Å². The van der Waals surface area contributed by atoms with Gasteiger partial charge >= 0.3 is 0 Å². The zero-order valence-electron chi connectivity index (χ0n) is 12.4. The average molecular weight is 283 g/mol. The zero-order chi connectivity index (χ0) is 14.2. The third-order valence-corrected chi connectivity index (χ3v) is 4.49. The molecular weight excluding hydrogens is 260 g/mol. The molecule has 0 aliphatic carbocycles. The van der Waals surface area contributed by atoms with Crippen molar-refractivity contribution in [2.75, 3.05) is 7.11 Å². The van der Waals surface area contributed by atoms with E-state index in [4.69, 9.17) is 21.1 Å². The van der Waals surface area contributed by atoms with Gasteiger partial charge in [0.15, 0.2) is 0 Å². The van der Waals surface area contributed by atoms with Crippen LogP contribution in [0.25, 0.3) is 0 Å². The van der Waals surface area contributed by atoms with E-state index in [0.717, 1.165) is 34.7 Å². The first-order chi connectivity index (χ1) is 8.99. The lowest BCUT2D eigenvalue weighted by molar-refractivity contribution is 0.320. The Hall–Kier alpha value is -0.730. The lowest BCUT2D eigenvalue weighted by Gasteiger charge is -2.18. The number of ether oxygens (including phenoxy) is 2. The highest BCUT2D eigenvalue weighted by molar-refractivity contribution is 6.31. The van der Waals surface area contributed by atoms with E-state index in [1.165, 1.54) is 5.56 Å². The number of epoxide rings is 1. The first kappa shape index (κ1) is 14.7. The molecule has 1 aliphatic rings. The number of halogens is 1. The fourth-order valence-electron chi connectivity index (χ4n) is 2.87. The molecule has 0 N–H and O–H groups in total. The van der Waals surface area contributed by atoms with Gasteiger partial charge in [0.2, 0.25) is 0 Å². The van der Waals surface area contributed by atoms with Crippen LogP contribution in [0.1, 0.15) is 37.0 Å². The van der Waals surface area contributed by atoms with Crippen molar-refractivity contribution in [1.29, 1.82) is 0 Å². The molecule has 3 unspecified atom stereocenters. The summed E-state index contributed by atoms with van der Waals surface area (Å²) in [5.74, 6) is 1.47. The molecule has 0 bridgehead atoms. The van der Waals surface area contributed by atoms with Gasteiger partial charge in [0.05, 0.1) is 19.3 Å². The van der Waals surface area contributed by atoms with E-state index in [1.54, 1.807) is 7.11 Å². The smallest absolute Gasteiger partial charge is 0.125 e. The van der Waals surface area contributed by atoms with Crippen LogP contribution < -0.4 is 4.74 Å². The van der Waals surface area contributed by atoms with Crippen LogP contribution in [0.5, 0.6) is 5.75 Å². The average Bonchev–Trinajstić information content (AvgIpc) is 3.15. The van der Waals surface area contributed by atoms with Gasteiger partial charge in [-0.2, -0.15) is 0 Å². The third-order valence-electron chi connectivity index (χ3n) is 4.10. The van der Waals surface area contributed by atoms with Crippen LogP contribution in [0, 0.1) is 19.8 Å². The summed E-state index contributed by atoms with van der Waals surface area (Å²) in [4.78, 5) is 0. The summed E-state index contributed by atoms with van der Waals surface area (Å²) >= 11 is 6.30. The lowest BCUT2D eigenvalue weighted by atomic mass is 9.91. The number of methoxy groups -OCH3 is 1. The largest absolute Gasteiger partial charge is 0.496 e. The van der Waals surface area contributed by atoms with Crippen LogP contribution in [0.2, 0.25) is 5.02 Å². The summed E-state index contributed by atoms with van der Waals surface area (Å²) in [6.07, 6.45) is 2.90. The van der Waals surface area contributed by atoms with Gasteiger partial charge in [-0.05, 0) is 55.4 Å². The van der Waals surface area contributed by atoms with Gasteiger partial charge in [-0.3, -0.25) is 0 Å². The van der Waals surface area contributed by atoms with Crippen LogP contribution in [0.15, 0.2) is 6.07 Å². The molecule has 3 heteroatoms. The zero-order valence-corrected chi connectivity index (χ0v) is 13.2. The van der Waals surface area contributed by atoms with E-state index in [-0.39, 0.29) is 0 Å². The molecule has 106 valence electrons. The van der Waals surface area contributed by atoms with Crippen molar-refractivity contribution in [2.45, 2.75) is 52.7 Å². The molecule has 2 nitrogen and oxygen atoms in total. The van der Waals surface area contributed by atoms with Crippen molar-refractivity contribution in [3.8, 4) is 5.75 Å². The standard InChI is InChI=1S/C16H23ClO2/c1-6-14-16(19-14)9(2)7-12-11(4)13(17)8-10(3)15(12)18-5/h8-9,14,16H,6-7H2,1-5H3. The van der Waals surface area contributed by atoms with Gasteiger partial charge in [0, 0.05) is 5.02 Å². The van der Waals surface area contributed by atoms with Crippen molar-refractivity contribution in [3.63, 3.8) is 0 Å². The quantitative estimate of drug-likeness (QED) is 0.750. The van der Waals surface area contributed by atoms with E-state index in [0.29, 0.717) is 18.1 Å². The highest BCUT2D eigenvalue weighted by atomic mass is 35.5. The summed E-state index contributed by atoms with van der Waals surface area (Å²) in [6, 6.07) is 1.98. The Labute approximate surface area is 121 Å². The Morgan fingerprint density at radius 1 is 1.42 bits per heavy atom. The minimum atomic E-state index is 0.397. The fourth-order valence-corrected chi connectivity index (χ4v) is 3.15. The molecule has 3 atom stereocenters. The van der Waals surface area contributed by atoms with Crippen LogP contribution in [0.4, 0.5) is 0 Å². The Balaban J connectivity index is 2.24. The van der Waals surface area contributed by atoms with Crippen molar-refractivity contribution >= 4 is 11.6 Å².